The fraction of sp³-hybridized carbons (Fsp3) is 0.188. The number of aromatic nitrogens is 2. The molecule has 3 rings (SSSR count). The van der Waals surface area contributed by atoms with E-state index in [4.69, 9.17) is 28.6 Å². The van der Waals surface area contributed by atoms with E-state index >= 15 is 0 Å². The lowest BCUT2D eigenvalue weighted by atomic mass is 10.1. The van der Waals surface area contributed by atoms with Crippen molar-refractivity contribution >= 4 is 34.9 Å². The molecule has 0 unspecified atom stereocenters. The van der Waals surface area contributed by atoms with Crippen molar-refractivity contribution in [2.75, 3.05) is 7.11 Å². The van der Waals surface area contributed by atoms with Crippen molar-refractivity contribution in [1.82, 2.24) is 9.55 Å². The molecular weight excluding hydrogens is 304 g/mol. The van der Waals surface area contributed by atoms with Crippen molar-refractivity contribution in [1.29, 1.82) is 0 Å². The van der Waals surface area contributed by atoms with Gasteiger partial charge in [-0.15, -0.1) is 0 Å². The van der Waals surface area contributed by atoms with Gasteiger partial charge in [-0.05, 0) is 54.5 Å². The quantitative estimate of drug-likeness (QED) is 0.712. The van der Waals surface area contributed by atoms with Gasteiger partial charge < -0.3 is 14.3 Å². The van der Waals surface area contributed by atoms with Crippen molar-refractivity contribution in [2.24, 2.45) is 0 Å². The van der Waals surface area contributed by atoms with Gasteiger partial charge in [-0.3, -0.25) is 0 Å². The standard InChI is InChI=1S/C16H15ClN2OS/c1-20-13-4-2-3-11(9-13)7-8-19-15-6-5-12(17)10-14(15)18-16(19)21/h2-6,9-10H,7-8H2,1H3,(H,18,21). The van der Waals surface area contributed by atoms with Crippen molar-refractivity contribution in [2.45, 2.75) is 13.0 Å². The van der Waals surface area contributed by atoms with Crippen LogP contribution in [0.4, 0.5) is 0 Å². The molecule has 0 amide bonds. The largest absolute Gasteiger partial charge is 0.497 e. The van der Waals surface area contributed by atoms with E-state index in [1.165, 1.54) is 5.56 Å². The predicted octanol–water partition coefficient (Wildman–Crippen LogP) is 4.60. The van der Waals surface area contributed by atoms with Crippen LogP contribution in [0.2, 0.25) is 5.02 Å². The van der Waals surface area contributed by atoms with E-state index in [0.717, 1.165) is 34.5 Å². The lowest BCUT2D eigenvalue weighted by molar-refractivity contribution is 0.414. The van der Waals surface area contributed by atoms with Crippen LogP contribution in [0, 0.1) is 4.77 Å². The Balaban J connectivity index is 1.88. The molecule has 0 aliphatic heterocycles. The molecule has 1 heterocycles. The number of methoxy groups -OCH3 is 1. The molecule has 0 saturated carbocycles. The Morgan fingerprint density at radius 2 is 2.10 bits per heavy atom. The Morgan fingerprint density at radius 3 is 2.90 bits per heavy atom. The number of benzene rings is 2. The van der Waals surface area contributed by atoms with E-state index < -0.39 is 0 Å². The highest BCUT2D eigenvalue weighted by atomic mass is 35.5. The Morgan fingerprint density at radius 1 is 1.24 bits per heavy atom. The zero-order valence-electron chi connectivity index (χ0n) is 11.6. The first-order valence-electron chi connectivity index (χ1n) is 6.68. The van der Waals surface area contributed by atoms with E-state index in [-0.39, 0.29) is 0 Å². The summed E-state index contributed by atoms with van der Waals surface area (Å²) in [6, 6.07) is 13.9. The molecule has 0 radical (unpaired) electrons. The third kappa shape index (κ3) is 2.96. The molecule has 1 aromatic heterocycles. The highest BCUT2D eigenvalue weighted by Crippen LogP contribution is 2.20. The molecule has 0 aliphatic carbocycles. The van der Waals surface area contributed by atoms with Gasteiger partial charge in [0.15, 0.2) is 4.77 Å². The van der Waals surface area contributed by atoms with E-state index in [1.807, 2.05) is 30.3 Å². The normalized spacial score (nSPS) is 11.0. The molecule has 5 heteroatoms. The summed E-state index contributed by atoms with van der Waals surface area (Å²) in [5, 5.41) is 0.707. The number of H-pyrrole nitrogens is 1. The minimum Gasteiger partial charge on any atom is -0.497 e. The fourth-order valence-corrected chi connectivity index (χ4v) is 2.90. The monoisotopic (exact) mass is 318 g/mol. The van der Waals surface area contributed by atoms with Crippen molar-refractivity contribution < 1.29 is 4.74 Å². The molecular formula is C16H15ClN2OS. The summed E-state index contributed by atoms with van der Waals surface area (Å²) in [6.07, 6.45) is 0.890. The van der Waals surface area contributed by atoms with Crippen molar-refractivity contribution in [3.05, 3.63) is 57.8 Å². The van der Waals surface area contributed by atoms with Crippen LogP contribution < -0.4 is 4.74 Å². The number of aromatic amines is 1. The van der Waals surface area contributed by atoms with Gasteiger partial charge in [0.05, 0.1) is 18.1 Å². The highest BCUT2D eigenvalue weighted by Gasteiger charge is 2.05. The van der Waals surface area contributed by atoms with Crippen LogP contribution in [-0.2, 0) is 13.0 Å². The van der Waals surface area contributed by atoms with Gasteiger partial charge in [-0.1, -0.05) is 23.7 Å². The zero-order chi connectivity index (χ0) is 14.8. The number of hydrogen-bond donors (Lipinski definition) is 1. The fourth-order valence-electron chi connectivity index (χ4n) is 2.43. The summed E-state index contributed by atoms with van der Waals surface area (Å²) < 4.78 is 8.07. The third-order valence-electron chi connectivity index (χ3n) is 3.49. The van der Waals surface area contributed by atoms with Crippen LogP contribution in [0.3, 0.4) is 0 Å². The van der Waals surface area contributed by atoms with Gasteiger partial charge in [-0.25, -0.2) is 0 Å². The number of rotatable bonds is 4. The van der Waals surface area contributed by atoms with Gasteiger partial charge in [0.2, 0.25) is 0 Å². The maximum absolute atomic E-state index is 6.01. The van der Waals surface area contributed by atoms with Gasteiger partial charge in [0.25, 0.3) is 0 Å². The van der Waals surface area contributed by atoms with Gasteiger partial charge in [0, 0.05) is 11.6 Å². The number of halogens is 1. The van der Waals surface area contributed by atoms with Crippen LogP contribution in [-0.4, -0.2) is 16.7 Å². The third-order valence-corrected chi connectivity index (χ3v) is 4.05. The zero-order valence-corrected chi connectivity index (χ0v) is 13.2. The average molecular weight is 319 g/mol. The molecule has 3 nitrogen and oxygen atoms in total. The SMILES string of the molecule is COc1cccc(CCn2c(=S)[nH]c3cc(Cl)ccc32)c1. The maximum Gasteiger partial charge on any atom is 0.178 e. The summed E-state index contributed by atoms with van der Waals surface area (Å²) in [4.78, 5) is 3.20. The molecule has 0 saturated heterocycles. The number of aryl methyl sites for hydroxylation is 2. The number of hydrogen-bond acceptors (Lipinski definition) is 2. The molecule has 0 fully saturated rings. The van der Waals surface area contributed by atoms with E-state index in [1.54, 1.807) is 7.11 Å². The second kappa shape index (κ2) is 5.92. The molecule has 0 spiro atoms. The van der Waals surface area contributed by atoms with Gasteiger partial charge >= 0.3 is 0 Å². The predicted molar refractivity (Wildman–Crippen MR) is 88.8 cm³/mol. The minimum absolute atomic E-state index is 0.707. The summed E-state index contributed by atoms with van der Waals surface area (Å²) in [5.74, 6) is 0.877. The smallest absolute Gasteiger partial charge is 0.178 e. The molecule has 21 heavy (non-hydrogen) atoms. The number of fused-ring (bicyclic) bond motifs is 1. The Hall–Kier alpha value is -1.78. The van der Waals surface area contributed by atoms with Crippen LogP contribution >= 0.6 is 23.8 Å². The summed E-state index contributed by atoms with van der Waals surface area (Å²) in [7, 11) is 1.68. The average Bonchev–Trinajstić information content (AvgIpc) is 2.80. The van der Waals surface area contributed by atoms with Crippen molar-refractivity contribution in [3.63, 3.8) is 0 Å². The number of nitrogens with zero attached hydrogens (tertiary/aromatic N) is 1. The molecule has 1 N–H and O–H groups in total. The first kappa shape index (κ1) is 14.2. The van der Waals surface area contributed by atoms with Gasteiger partial charge in [-0.2, -0.15) is 0 Å². The summed E-state index contributed by atoms with van der Waals surface area (Å²) in [5.41, 5.74) is 3.27. The number of nitrogens with one attached hydrogen (secondary N) is 1. The topological polar surface area (TPSA) is 29.9 Å². The Bertz CT molecular complexity index is 838. The second-order valence-electron chi connectivity index (χ2n) is 4.84. The summed E-state index contributed by atoms with van der Waals surface area (Å²) in [6.45, 7) is 0.813. The van der Waals surface area contributed by atoms with E-state index in [2.05, 4.69) is 21.7 Å². The highest BCUT2D eigenvalue weighted by molar-refractivity contribution is 7.71. The number of ether oxygens (including phenoxy) is 1. The van der Waals surface area contributed by atoms with Crippen LogP contribution in [0.5, 0.6) is 5.75 Å². The van der Waals surface area contributed by atoms with Gasteiger partial charge in [0.1, 0.15) is 5.75 Å². The first-order valence-corrected chi connectivity index (χ1v) is 7.47. The van der Waals surface area contributed by atoms with E-state index in [9.17, 15) is 0 Å². The molecule has 0 atom stereocenters. The lowest BCUT2D eigenvalue weighted by Gasteiger charge is -2.06. The maximum atomic E-state index is 6.01. The lowest BCUT2D eigenvalue weighted by Crippen LogP contribution is -2.01. The van der Waals surface area contributed by atoms with Crippen molar-refractivity contribution in [3.8, 4) is 5.75 Å². The Labute approximate surface area is 133 Å². The molecule has 0 bridgehead atoms. The molecule has 0 aliphatic rings. The molecule has 2 aromatic carbocycles. The second-order valence-corrected chi connectivity index (χ2v) is 5.67. The number of imidazole rings is 1. The van der Waals surface area contributed by atoms with Crippen LogP contribution in [0.15, 0.2) is 42.5 Å². The first-order chi connectivity index (χ1) is 10.2. The summed E-state index contributed by atoms with van der Waals surface area (Å²) >= 11 is 11.4. The van der Waals surface area contributed by atoms with Crippen LogP contribution in [0.25, 0.3) is 11.0 Å². The van der Waals surface area contributed by atoms with E-state index in [0.29, 0.717) is 5.02 Å². The minimum atomic E-state index is 0.707. The molecule has 108 valence electrons. The Kier molecular flexibility index (Phi) is 3.99. The molecule has 3 aromatic rings. The van der Waals surface area contributed by atoms with Crippen LogP contribution in [0.1, 0.15) is 5.56 Å².